The molecule has 0 amide bonds. The van der Waals surface area contributed by atoms with Crippen molar-refractivity contribution in [2.45, 2.75) is 173 Å². The predicted octanol–water partition coefficient (Wildman–Crippen LogP) is 11.7. The summed E-state index contributed by atoms with van der Waals surface area (Å²) in [4.78, 5) is 0. The first-order valence-electron chi connectivity index (χ1n) is 15.6. The van der Waals surface area contributed by atoms with Crippen LogP contribution in [0.1, 0.15) is 98.7 Å². The first kappa shape index (κ1) is 75.9. The Hall–Kier alpha value is 1.61. The van der Waals surface area contributed by atoms with E-state index in [1.54, 1.807) is 13.8 Å². The monoisotopic (exact) mass is 1330 g/mol. The Labute approximate surface area is 402 Å². The van der Waals surface area contributed by atoms with Crippen molar-refractivity contribution in [2.24, 2.45) is 0 Å². The van der Waals surface area contributed by atoms with Crippen molar-refractivity contribution in [3.05, 3.63) is 0 Å². The zero-order chi connectivity index (χ0) is 44.8. The third-order valence-corrected chi connectivity index (χ3v) is 8.75. The standard InChI is InChI=1S/C14H16F13I.C14H17F13.2B.Fe.Na.U.H/c1-2-3-4-5-6-8(28)7-9(15,16)10(17,18)11(19,20)12(21,22)13(23,24)14(25,26)27;1-2-3-4-5-6-7-8-9(15,16)10(17,18)11(19,20)12(21,22)13(23,24)14(25,26)27;;;;;;/h8H,2-7H2,1H3;2-8H2,1H3;;;;;;/q;;;;;+1;;-1. The summed E-state index contributed by atoms with van der Waals surface area (Å²) >= 11 is 1.16. The van der Waals surface area contributed by atoms with Gasteiger partial charge in [-0.25, -0.2) is 0 Å². The Bertz CT molecular complexity index is 1180. The number of hydrogen-bond donors (Lipinski definition) is 0. The number of unbranched alkanes of at least 4 members (excludes halogenated alkanes) is 8. The van der Waals surface area contributed by atoms with Crippen molar-refractivity contribution in [3.63, 3.8) is 0 Å². The van der Waals surface area contributed by atoms with Crippen molar-refractivity contribution >= 4 is 39.4 Å². The number of alkyl halides is 27. The van der Waals surface area contributed by atoms with Gasteiger partial charge in [-0.2, -0.15) is 114 Å². The molecule has 0 spiro atoms. The van der Waals surface area contributed by atoms with Crippen LogP contribution >= 0.6 is 22.6 Å². The van der Waals surface area contributed by atoms with Crippen LogP contribution in [0.15, 0.2) is 0 Å². The Kier molecular flexibility index (Phi) is 33.9. The fourth-order valence-electron chi connectivity index (χ4n) is 4.19. The minimum atomic E-state index is -7.83. The molecule has 0 rings (SSSR count). The van der Waals surface area contributed by atoms with E-state index >= 15 is 0 Å². The molecule has 1 unspecified atom stereocenters. The van der Waals surface area contributed by atoms with Crippen LogP contribution in [-0.2, 0) is 17.1 Å². The topological polar surface area (TPSA) is 0 Å². The van der Waals surface area contributed by atoms with Gasteiger partial charge in [-0.1, -0.05) is 94.2 Å². The molecule has 0 nitrogen and oxygen atoms in total. The number of halogens is 27. The van der Waals surface area contributed by atoms with Gasteiger partial charge in [0.1, 0.15) is 0 Å². The molecule has 0 aliphatic carbocycles. The van der Waals surface area contributed by atoms with Crippen molar-refractivity contribution in [3.8, 4) is 0 Å². The van der Waals surface area contributed by atoms with Crippen molar-refractivity contribution < 1.29 is 193 Å². The molecule has 0 aliphatic rings. The van der Waals surface area contributed by atoms with Gasteiger partial charge in [0, 0.05) is 81.8 Å². The number of hydrogen-bond acceptors (Lipinski definition) is 0. The van der Waals surface area contributed by atoms with Gasteiger partial charge < -0.3 is 1.43 Å². The van der Waals surface area contributed by atoms with Crippen molar-refractivity contribution in [1.29, 1.82) is 0 Å². The summed E-state index contributed by atoms with van der Waals surface area (Å²) in [7, 11) is 0. The summed E-state index contributed by atoms with van der Waals surface area (Å²) in [5.41, 5.74) is 0. The van der Waals surface area contributed by atoms with Gasteiger partial charge in [-0.05, 0) is 12.8 Å². The maximum Gasteiger partial charge on any atom is 1.00 e. The summed E-state index contributed by atoms with van der Waals surface area (Å²) in [6.45, 7) is 3.57. The van der Waals surface area contributed by atoms with Crippen LogP contribution in [0.4, 0.5) is 114 Å². The molecule has 6 radical (unpaired) electrons. The molecule has 0 aromatic rings. The summed E-state index contributed by atoms with van der Waals surface area (Å²) < 4.78 is 334. The van der Waals surface area contributed by atoms with E-state index in [1.165, 1.54) is 0 Å². The number of rotatable bonds is 22. The van der Waals surface area contributed by atoms with Gasteiger partial charge in [0.25, 0.3) is 0 Å². The molecule has 0 N–H and O–H groups in total. The first-order chi connectivity index (χ1) is 24.0. The predicted molar refractivity (Wildman–Crippen MR) is 163 cm³/mol. The van der Waals surface area contributed by atoms with E-state index in [0.29, 0.717) is 25.7 Å². The Balaban J connectivity index is -0.000000140. The maximum absolute atomic E-state index is 13.6. The van der Waals surface area contributed by atoms with Crippen LogP contribution in [0, 0.1) is 31.1 Å². The molecule has 354 valence electrons. The SMILES string of the molecule is CCCCCCC(I)CC(F)(F)C(F)(F)C(F)(F)C(F)(F)C(F)(F)C(F)(F)F.CCCCCCCCC(F)(F)C(F)(F)C(F)(F)C(F)(F)C(F)(F)C(F)(F)F.[B].[B].[Fe].[H-].[Na+].[U]. The minimum Gasteiger partial charge on any atom is -1.00 e. The van der Waals surface area contributed by atoms with Crippen LogP contribution in [-0.4, -0.2) is 92.3 Å². The molecule has 0 aromatic carbocycles. The van der Waals surface area contributed by atoms with Crippen molar-refractivity contribution in [1.82, 2.24) is 0 Å². The second kappa shape index (κ2) is 26.8. The molecular weight excluding hydrogens is 1300 g/mol. The molecular formula is C28H34B2F26FeINaU. The van der Waals surface area contributed by atoms with Gasteiger partial charge in [0.15, 0.2) is 0 Å². The first-order valence-corrected chi connectivity index (χ1v) is 16.8. The molecule has 0 fully saturated rings. The third-order valence-electron chi connectivity index (χ3n) is 7.69. The quantitative estimate of drug-likeness (QED) is 0.0333. The Morgan fingerprint density at radius 3 is 0.933 bits per heavy atom. The fraction of sp³-hybridized carbons (Fsp3) is 1.00. The summed E-state index contributed by atoms with van der Waals surface area (Å²) in [5, 5.41) is 0. The van der Waals surface area contributed by atoms with Gasteiger partial charge >= 0.3 is 101 Å². The van der Waals surface area contributed by atoms with E-state index < -0.39 is 94.8 Å². The average Bonchev–Trinajstić information content (AvgIpc) is 2.99. The fourth-order valence-corrected chi connectivity index (χ4v) is 5.18. The van der Waals surface area contributed by atoms with E-state index in [0.717, 1.165) is 35.4 Å². The average molecular weight is 1330 g/mol. The molecule has 0 aromatic heterocycles. The molecule has 32 heteroatoms. The summed E-state index contributed by atoms with van der Waals surface area (Å²) in [5.74, 6) is -72.6. The molecule has 1 atom stereocenters. The Morgan fingerprint density at radius 2 is 0.633 bits per heavy atom. The van der Waals surface area contributed by atoms with Crippen LogP contribution in [0.5, 0.6) is 0 Å². The zero-order valence-electron chi connectivity index (χ0n) is 32.0. The van der Waals surface area contributed by atoms with Crippen LogP contribution < -0.4 is 29.6 Å². The van der Waals surface area contributed by atoms with E-state index in [-0.39, 0.29) is 122 Å². The molecule has 0 heterocycles. The van der Waals surface area contributed by atoms with Crippen LogP contribution in [0.25, 0.3) is 0 Å². The van der Waals surface area contributed by atoms with E-state index in [1.807, 2.05) is 0 Å². The second-order valence-electron chi connectivity index (χ2n) is 12.2. The van der Waals surface area contributed by atoms with Gasteiger partial charge in [-0.15, -0.1) is 0 Å². The zero-order valence-corrected chi connectivity index (χ0v) is 40.4. The van der Waals surface area contributed by atoms with Crippen molar-refractivity contribution in [2.75, 3.05) is 0 Å². The summed E-state index contributed by atoms with van der Waals surface area (Å²) in [6, 6.07) is 0. The molecule has 0 saturated heterocycles. The second-order valence-corrected chi connectivity index (χ2v) is 13.9. The molecule has 0 bridgehead atoms. The molecule has 60 heavy (non-hydrogen) atoms. The maximum atomic E-state index is 13.6. The smallest absolute Gasteiger partial charge is 1.00 e. The summed E-state index contributed by atoms with van der Waals surface area (Å²) in [6.07, 6.45) is -16.0. The van der Waals surface area contributed by atoms with E-state index in [4.69, 9.17) is 0 Å². The normalized spacial score (nSPS) is 14.6. The Morgan fingerprint density at radius 1 is 0.383 bits per heavy atom. The molecule has 0 saturated carbocycles. The van der Waals surface area contributed by atoms with Gasteiger partial charge in [0.05, 0.1) is 0 Å². The largest absolute Gasteiger partial charge is 1.00 e. The van der Waals surface area contributed by atoms with Crippen LogP contribution in [0.2, 0.25) is 0 Å². The van der Waals surface area contributed by atoms with Crippen LogP contribution in [0.3, 0.4) is 0 Å². The minimum absolute atomic E-state index is 0. The molecule has 0 aliphatic heterocycles. The third kappa shape index (κ3) is 16.4. The van der Waals surface area contributed by atoms with Gasteiger partial charge in [0.2, 0.25) is 0 Å². The van der Waals surface area contributed by atoms with E-state index in [9.17, 15) is 114 Å². The van der Waals surface area contributed by atoms with Gasteiger partial charge in [-0.3, -0.25) is 0 Å². The van der Waals surface area contributed by atoms with E-state index in [2.05, 4.69) is 0 Å².